The summed E-state index contributed by atoms with van der Waals surface area (Å²) in [5.74, 6) is 0.886. The van der Waals surface area contributed by atoms with E-state index in [1.54, 1.807) is 0 Å². The van der Waals surface area contributed by atoms with Crippen molar-refractivity contribution in [2.24, 2.45) is 5.92 Å². The van der Waals surface area contributed by atoms with E-state index in [4.69, 9.17) is 9.47 Å². The molecule has 2 aliphatic heterocycles. The number of morpholine rings is 1. The first-order valence-electron chi connectivity index (χ1n) is 8.37. The Bertz CT molecular complexity index is 553. The van der Waals surface area contributed by atoms with E-state index in [0.29, 0.717) is 13.2 Å². The molecule has 23 heavy (non-hydrogen) atoms. The summed E-state index contributed by atoms with van der Waals surface area (Å²) in [4.78, 5) is 14.9. The van der Waals surface area contributed by atoms with Crippen LogP contribution in [0.3, 0.4) is 0 Å². The second-order valence-electron chi connectivity index (χ2n) is 6.95. The second-order valence-corrected chi connectivity index (χ2v) is 6.95. The highest BCUT2D eigenvalue weighted by atomic mass is 16.5. The number of benzene rings is 1. The minimum atomic E-state index is -0.106. The quantitative estimate of drug-likeness (QED) is 0.913. The van der Waals surface area contributed by atoms with Gasteiger partial charge >= 0.3 is 0 Å². The van der Waals surface area contributed by atoms with Gasteiger partial charge in [0.1, 0.15) is 12.4 Å². The minimum Gasteiger partial charge on any atom is -0.492 e. The van der Waals surface area contributed by atoms with E-state index in [2.05, 4.69) is 24.1 Å². The van der Waals surface area contributed by atoms with Crippen molar-refractivity contribution in [3.63, 3.8) is 0 Å². The lowest BCUT2D eigenvalue weighted by Crippen LogP contribution is -2.56. The Balaban J connectivity index is 1.53. The van der Waals surface area contributed by atoms with Crippen molar-refractivity contribution in [2.75, 3.05) is 39.5 Å². The van der Waals surface area contributed by atoms with Gasteiger partial charge in [0.15, 0.2) is 0 Å². The molecule has 3 rings (SSSR count). The van der Waals surface area contributed by atoms with Crippen LogP contribution < -0.4 is 10.1 Å². The highest BCUT2D eigenvalue weighted by Crippen LogP contribution is 2.27. The van der Waals surface area contributed by atoms with Gasteiger partial charge < -0.3 is 14.8 Å². The monoisotopic (exact) mass is 318 g/mol. The third-order valence-corrected chi connectivity index (χ3v) is 4.81. The number of ether oxygens (including phenoxy) is 2. The number of para-hydroxylation sites is 1. The van der Waals surface area contributed by atoms with Gasteiger partial charge in [-0.15, -0.1) is 0 Å². The van der Waals surface area contributed by atoms with Crippen LogP contribution in [0.15, 0.2) is 24.3 Å². The Kier molecular flexibility index (Phi) is 4.87. The molecule has 1 aromatic carbocycles. The van der Waals surface area contributed by atoms with E-state index in [1.807, 2.05) is 24.3 Å². The fourth-order valence-corrected chi connectivity index (χ4v) is 3.22. The average Bonchev–Trinajstić information content (AvgIpc) is 2.60. The van der Waals surface area contributed by atoms with Gasteiger partial charge in [-0.3, -0.25) is 9.69 Å². The van der Waals surface area contributed by atoms with E-state index < -0.39 is 0 Å². The van der Waals surface area contributed by atoms with Crippen molar-refractivity contribution in [3.8, 4) is 5.75 Å². The van der Waals surface area contributed by atoms with Gasteiger partial charge in [-0.25, -0.2) is 0 Å². The van der Waals surface area contributed by atoms with E-state index in [-0.39, 0.29) is 17.4 Å². The van der Waals surface area contributed by atoms with Gasteiger partial charge in [-0.1, -0.05) is 18.2 Å². The standard InChI is InChI=1S/C18H26N2O3/c1-18(2,20-7-9-22-10-8-20)13-19-17(21)15-11-14-5-3-4-6-16(14)23-12-15/h3-6,15H,7-13H2,1-2H3,(H,19,21)/t15-/m1/s1. The SMILES string of the molecule is CC(C)(CNC(=O)[C@H]1COc2ccccc2C1)N1CCOCC1. The molecule has 1 aromatic rings. The molecule has 0 radical (unpaired) electrons. The fourth-order valence-electron chi connectivity index (χ4n) is 3.22. The molecule has 0 unspecified atom stereocenters. The van der Waals surface area contributed by atoms with Crippen molar-refractivity contribution >= 4 is 5.91 Å². The molecule has 1 atom stereocenters. The predicted molar refractivity (Wildman–Crippen MR) is 88.6 cm³/mol. The molecule has 2 heterocycles. The lowest BCUT2D eigenvalue weighted by Gasteiger charge is -2.41. The number of amides is 1. The Labute approximate surface area is 137 Å². The van der Waals surface area contributed by atoms with Gasteiger partial charge in [0.2, 0.25) is 5.91 Å². The molecule has 2 aliphatic rings. The van der Waals surface area contributed by atoms with Gasteiger partial charge in [0.25, 0.3) is 0 Å². The highest BCUT2D eigenvalue weighted by Gasteiger charge is 2.31. The first kappa shape index (κ1) is 16.3. The van der Waals surface area contributed by atoms with Crippen molar-refractivity contribution in [2.45, 2.75) is 25.8 Å². The van der Waals surface area contributed by atoms with E-state index in [1.165, 1.54) is 0 Å². The lowest BCUT2D eigenvalue weighted by atomic mass is 9.95. The van der Waals surface area contributed by atoms with Crippen LogP contribution in [0.5, 0.6) is 5.75 Å². The molecule has 1 saturated heterocycles. The number of hydrogen-bond donors (Lipinski definition) is 1. The zero-order valence-electron chi connectivity index (χ0n) is 14.0. The van der Waals surface area contributed by atoms with E-state index >= 15 is 0 Å². The van der Waals surface area contributed by atoms with Crippen LogP contribution in [-0.2, 0) is 16.0 Å². The number of hydrogen-bond acceptors (Lipinski definition) is 4. The first-order valence-corrected chi connectivity index (χ1v) is 8.37. The summed E-state index contributed by atoms with van der Waals surface area (Å²) in [6.07, 6.45) is 0.750. The molecule has 1 N–H and O–H groups in total. The minimum absolute atomic E-state index is 0.0626. The van der Waals surface area contributed by atoms with Crippen LogP contribution in [-0.4, -0.2) is 55.8 Å². The summed E-state index contributed by atoms with van der Waals surface area (Å²) in [6, 6.07) is 7.95. The van der Waals surface area contributed by atoms with Gasteiger partial charge in [0.05, 0.1) is 19.1 Å². The van der Waals surface area contributed by atoms with Crippen LogP contribution in [0.4, 0.5) is 0 Å². The van der Waals surface area contributed by atoms with Crippen molar-refractivity contribution in [1.29, 1.82) is 0 Å². The van der Waals surface area contributed by atoms with Crippen LogP contribution in [0, 0.1) is 5.92 Å². The Morgan fingerprint density at radius 3 is 2.83 bits per heavy atom. The second kappa shape index (κ2) is 6.89. The third-order valence-electron chi connectivity index (χ3n) is 4.81. The Morgan fingerprint density at radius 1 is 1.30 bits per heavy atom. The summed E-state index contributed by atoms with van der Waals surface area (Å²) in [6.45, 7) is 8.82. The van der Waals surface area contributed by atoms with Crippen LogP contribution in [0.25, 0.3) is 0 Å². The van der Waals surface area contributed by atoms with Gasteiger partial charge in [-0.05, 0) is 31.9 Å². The fraction of sp³-hybridized carbons (Fsp3) is 0.611. The molecule has 0 spiro atoms. The molecule has 1 amide bonds. The van der Waals surface area contributed by atoms with E-state index in [0.717, 1.165) is 44.0 Å². The Morgan fingerprint density at radius 2 is 2.04 bits per heavy atom. The number of fused-ring (bicyclic) bond motifs is 1. The molecule has 5 nitrogen and oxygen atoms in total. The van der Waals surface area contributed by atoms with Crippen LogP contribution in [0.2, 0.25) is 0 Å². The lowest BCUT2D eigenvalue weighted by molar-refractivity contribution is -0.127. The molecular formula is C18H26N2O3. The normalized spacial score (nSPS) is 22.1. The zero-order valence-corrected chi connectivity index (χ0v) is 14.0. The summed E-state index contributed by atoms with van der Waals surface area (Å²) < 4.78 is 11.1. The summed E-state index contributed by atoms with van der Waals surface area (Å²) in [5, 5.41) is 3.12. The predicted octanol–water partition coefficient (Wildman–Crippen LogP) is 1.46. The molecule has 0 saturated carbocycles. The zero-order chi connectivity index (χ0) is 16.3. The average molecular weight is 318 g/mol. The smallest absolute Gasteiger partial charge is 0.226 e. The molecule has 0 aromatic heterocycles. The molecule has 0 bridgehead atoms. The van der Waals surface area contributed by atoms with Crippen molar-refractivity contribution in [3.05, 3.63) is 29.8 Å². The number of nitrogens with one attached hydrogen (secondary N) is 1. The van der Waals surface area contributed by atoms with Crippen molar-refractivity contribution < 1.29 is 14.3 Å². The first-order chi connectivity index (χ1) is 11.1. The van der Waals surface area contributed by atoms with E-state index in [9.17, 15) is 4.79 Å². The maximum absolute atomic E-state index is 12.5. The third kappa shape index (κ3) is 3.85. The summed E-state index contributed by atoms with van der Waals surface area (Å²) in [7, 11) is 0. The number of carbonyl (C=O) groups excluding carboxylic acids is 1. The number of nitrogens with zero attached hydrogens (tertiary/aromatic N) is 1. The topological polar surface area (TPSA) is 50.8 Å². The summed E-state index contributed by atoms with van der Waals surface area (Å²) >= 11 is 0. The number of rotatable bonds is 4. The maximum atomic E-state index is 12.5. The van der Waals surface area contributed by atoms with Gasteiger partial charge in [0, 0.05) is 25.2 Å². The maximum Gasteiger partial charge on any atom is 0.226 e. The van der Waals surface area contributed by atoms with Crippen molar-refractivity contribution in [1.82, 2.24) is 10.2 Å². The Hall–Kier alpha value is -1.59. The largest absolute Gasteiger partial charge is 0.492 e. The molecular weight excluding hydrogens is 292 g/mol. The number of carbonyl (C=O) groups is 1. The van der Waals surface area contributed by atoms with Crippen LogP contribution >= 0.6 is 0 Å². The highest BCUT2D eigenvalue weighted by molar-refractivity contribution is 5.79. The molecule has 0 aliphatic carbocycles. The van der Waals surface area contributed by atoms with Gasteiger partial charge in [-0.2, -0.15) is 0 Å². The molecule has 126 valence electrons. The molecule has 1 fully saturated rings. The van der Waals surface area contributed by atoms with Crippen LogP contribution in [0.1, 0.15) is 19.4 Å². The summed E-state index contributed by atoms with van der Waals surface area (Å²) in [5.41, 5.74) is 1.05. The molecule has 5 heteroatoms.